The monoisotopic (exact) mass is 616 g/mol. The largest absolute Gasteiger partial charge is 0.507 e. The lowest BCUT2D eigenvalue weighted by Gasteiger charge is -2.46. The molecule has 2 aromatic rings. The molecule has 0 amide bonds. The number of Topliss-reactive ketones (excluding diaryl/α,β-unsaturated/α-hetero) is 1. The quantitative estimate of drug-likeness (QED) is 0.290. The topological polar surface area (TPSA) is 184 Å². The van der Waals surface area contributed by atoms with Gasteiger partial charge in [-0.2, -0.15) is 0 Å². The Morgan fingerprint density at radius 1 is 1.16 bits per heavy atom. The minimum Gasteiger partial charge on any atom is -0.507 e. The van der Waals surface area contributed by atoms with Crippen molar-refractivity contribution in [2.75, 3.05) is 6.54 Å². The number of amidine groups is 1. The van der Waals surface area contributed by atoms with Crippen LogP contribution in [0.5, 0.6) is 11.5 Å². The molecule has 5 N–H and O–H groups in total. The first kappa shape index (κ1) is 28.5. The van der Waals surface area contributed by atoms with Crippen molar-refractivity contribution in [3.63, 3.8) is 0 Å². The summed E-state index contributed by atoms with van der Waals surface area (Å²) in [5.41, 5.74) is -2.98. The molecule has 4 aliphatic heterocycles. The number of hydrogen-bond acceptors (Lipinski definition) is 12. The van der Waals surface area contributed by atoms with Crippen LogP contribution in [0.15, 0.2) is 40.9 Å². The van der Waals surface area contributed by atoms with Gasteiger partial charge in [0.15, 0.2) is 35.0 Å². The van der Waals surface area contributed by atoms with E-state index in [1.165, 1.54) is 38.1 Å². The number of phenolic OH excluding ortho intramolecular Hbond substituents is 2. The Morgan fingerprint density at radius 2 is 1.91 bits per heavy atom. The molecule has 8 atom stereocenters. The molecule has 2 aromatic carbocycles. The fourth-order valence-corrected chi connectivity index (χ4v) is 8.28. The van der Waals surface area contributed by atoms with Gasteiger partial charge < -0.3 is 40.0 Å². The van der Waals surface area contributed by atoms with E-state index in [-0.39, 0.29) is 40.2 Å². The van der Waals surface area contributed by atoms with Gasteiger partial charge in [-0.05, 0) is 63.0 Å². The average molecular weight is 617 g/mol. The number of ketones is 3. The van der Waals surface area contributed by atoms with Crippen molar-refractivity contribution in [2.24, 2.45) is 4.99 Å². The van der Waals surface area contributed by atoms with Crippen LogP contribution in [-0.2, 0) is 19.0 Å². The van der Waals surface area contributed by atoms with Crippen molar-refractivity contribution in [1.82, 2.24) is 5.32 Å². The van der Waals surface area contributed by atoms with Crippen molar-refractivity contribution < 1.29 is 49.0 Å². The Hall–Kier alpha value is -3.94. The van der Waals surface area contributed by atoms with Crippen molar-refractivity contribution in [1.29, 1.82) is 0 Å². The van der Waals surface area contributed by atoms with E-state index in [2.05, 4.69) is 10.3 Å². The first-order valence-electron chi connectivity index (χ1n) is 15.1. The summed E-state index contributed by atoms with van der Waals surface area (Å²) in [4.78, 5) is 44.4. The van der Waals surface area contributed by atoms with Gasteiger partial charge in [-0.25, -0.2) is 0 Å². The molecule has 4 heterocycles. The molecule has 2 aliphatic carbocycles. The van der Waals surface area contributed by atoms with E-state index >= 15 is 0 Å². The highest BCUT2D eigenvalue weighted by molar-refractivity contribution is 6.30. The van der Waals surface area contributed by atoms with Gasteiger partial charge >= 0.3 is 0 Å². The van der Waals surface area contributed by atoms with E-state index < -0.39 is 64.8 Å². The number of benzene rings is 2. The zero-order valence-corrected chi connectivity index (χ0v) is 24.8. The highest BCUT2D eigenvalue weighted by Gasteiger charge is 2.65. The Kier molecular flexibility index (Phi) is 5.75. The summed E-state index contributed by atoms with van der Waals surface area (Å²) < 4.78 is 19.3. The maximum atomic E-state index is 13.8. The second kappa shape index (κ2) is 9.08. The van der Waals surface area contributed by atoms with Gasteiger partial charge in [0.25, 0.3) is 0 Å². The number of aliphatic hydroxyl groups is 2. The molecule has 234 valence electrons. The lowest BCUT2D eigenvalue weighted by Crippen LogP contribution is -2.62. The number of nitrogens with one attached hydrogen (secondary N) is 1. The van der Waals surface area contributed by atoms with Crippen LogP contribution in [0, 0.1) is 0 Å². The fraction of sp³-hybridized carbons (Fsp3) is 0.455. The number of rotatable bonds is 3. The Morgan fingerprint density at radius 3 is 2.62 bits per heavy atom. The van der Waals surface area contributed by atoms with Crippen LogP contribution in [0.1, 0.15) is 95.0 Å². The summed E-state index contributed by atoms with van der Waals surface area (Å²) in [7, 11) is 0. The normalized spacial score (nSPS) is 37.4. The number of aromatic hydroxyl groups is 2. The number of nitrogens with zero attached hydrogens (tertiary/aromatic N) is 1. The van der Waals surface area contributed by atoms with Crippen LogP contribution in [0.25, 0.3) is 0 Å². The molecule has 8 rings (SSSR count). The number of carbonyl (C=O) groups is 3. The lowest BCUT2D eigenvalue weighted by atomic mass is 9.69. The first-order chi connectivity index (χ1) is 21.3. The predicted molar refractivity (Wildman–Crippen MR) is 155 cm³/mol. The van der Waals surface area contributed by atoms with Crippen LogP contribution in [-0.4, -0.2) is 85.6 Å². The second-order valence-corrected chi connectivity index (χ2v) is 13.1. The van der Waals surface area contributed by atoms with Gasteiger partial charge in [-0.3, -0.25) is 19.4 Å². The fourth-order valence-electron chi connectivity index (χ4n) is 8.28. The number of phenols is 2. The van der Waals surface area contributed by atoms with E-state index in [1.807, 2.05) is 13.0 Å². The summed E-state index contributed by atoms with van der Waals surface area (Å²) in [5.74, 6) is -2.39. The minimum atomic E-state index is -2.12. The summed E-state index contributed by atoms with van der Waals surface area (Å²) in [5, 5.41) is 47.7. The summed E-state index contributed by atoms with van der Waals surface area (Å²) >= 11 is 0. The Labute approximate surface area is 257 Å². The third-order valence-electron chi connectivity index (χ3n) is 10.5. The number of ether oxygens (including phenoxy) is 3. The summed E-state index contributed by atoms with van der Waals surface area (Å²) in [6.45, 7) is 5.13. The van der Waals surface area contributed by atoms with Gasteiger partial charge in [0, 0.05) is 35.6 Å². The highest BCUT2D eigenvalue weighted by atomic mass is 16.7. The van der Waals surface area contributed by atoms with Crippen LogP contribution in [0.3, 0.4) is 0 Å². The van der Waals surface area contributed by atoms with Crippen molar-refractivity contribution in [3.05, 3.63) is 69.3 Å². The lowest BCUT2D eigenvalue weighted by molar-refractivity contribution is -0.301. The maximum absolute atomic E-state index is 13.8. The van der Waals surface area contributed by atoms with Crippen molar-refractivity contribution in [2.45, 2.75) is 87.5 Å². The minimum absolute atomic E-state index is 0.00452. The zero-order chi connectivity index (χ0) is 31.8. The highest BCUT2D eigenvalue weighted by Crippen LogP contribution is 2.63. The number of fused-ring (bicyclic) bond motifs is 8. The van der Waals surface area contributed by atoms with Gasteiger partial charge in [0.2, 0.25) is 0 Å². The molecule has 6 aliphatic rings. The van der Waals surface area contributed by atoms with Crippen LogP contribution in [0.4, 0.5) is 0 Å². The molecule has 45 heavy (non-hydrogen) atoms. The standard InChI is InChI=1S/C33H32N2O10/c1-13(36)33(42)14(2)43-22(10-21(33)38)44-29-18-9-17-25(26(39)16-5-4-6-20(37)24(16)27(17)40)28(41)23(18)19-12-31(29,3)45-32(19)11-15-7-8-34-30(15)35-32/h4-6,9,11,14,19,21-22,29,37-38,41-42H,7-8,10,12H2,1-3H3,(H,34,35)/t14-,19?,21-,22-,29+,31+,32?,33+/m0/s1. The third-order valence-corrected chi connectivity index (χ3v) is 10.5. The number of carbonyl (C=O) groups excluding carboxylic acids is 3. The molecule has 0 radical (unpaired) electrons. The molecule has 12 heteroatoms. The zero-order valence-electron chi connectivity index (χ0n) is 24.8. The molecular formula is C33H32N2O10. The SMILES string of the molecule is CC(=O)[C@@]1(O)[C@H](C)O[C@@H](O[C@@H]2c3cc4c(c(O)c3C3C[C@@]2(C)OC32C=C3CCN=C3N2)C(=O)c2cccc(O)c2C4=O)C[C@@H]1O. The number of hydrogen-bond donors (Lipinski definition) is 5. The van der Waals surface area contributed by atoms with Crippen molar-refractivity contribution in [3.8, 4) is 11.5 Å². The van der Waals surface area contributed by atoms with Gasteiger partial charge in [0.1, 0.15) is 23.4 Å². The Bertz CT molecular complexity index is 1800. The van der Waals surface area contributed by atoms with Gasteiger partial charge in [-0.15, -0.1) is 0 Å². The van der Waals surface area contributed by atoms with E-state index in [1.54, 1.807) is 0 Å². The molecule has 1 spiro atoms. The predicted octanol–water partition coefficient (Wildman–Crippen LogP) is 2.05. The summed E-state index contributed by atoms with van der Waals surface area (Å²) in [6, 6.07) is 5.76. The molecule has 2 fully saturated rings. The van der Waals surface area contributed by atoms with E-state index in [9.17, 15) is 34.8 Å². The first-order valence-corrected chi connectivity index (χ1v) is 15.1. The molecule has 2 unspecified atom stereocenters. The van der Waals surface area contributed by atoms with Gasteiger partial charge in [0.05, 0.1) is 28.9 Å². The number of aliphatic imine (C=N–C) groups is 1. The molecular weight excluding hydrogens is 584 g/mol. The smallest absolute Gasteiger partial charge is 0.198 e. The maximum Gasteiger partial charge on any atom is 0.198 e. The molecule has 2 bridgehead atoms. The summed E-state index contributed by atoms with van der Waals surface area (Å²) in [6.07, 6.45) is -1.93. The van der Waals surface area contributed by atoms with Crippen LogP contribution in [0.2, 0.25) is 0 Å². The van der Waals surface area contributed by atoms with E-state index in [4.69, 9.17) is 14.2 Å². The van der Waals surface area contributed by atoms with Crippen LogP contribution >= 0.6 is 0 Å². The van der Waals surface area contributed by atoms with Crippen LogP contribution < -0.4 is 5.32 Å². The van der Waals surface area contributed by atoms with Gasteiger partial charge in [-0.1, -0.05) is 12.1 Å². The van der Waals surface area contributed by atoms with E-state index in [0.717, 1.165) is 12.0 Å². The molecule has 0 saturated carbocycles. The average Bonchev–Trinajstić information content (AvgIpc) is 3.62. The second-order valence-electron chi connectivity index (χ2n) is 13.1. The van der Waals surface area contributed by atoms with Crippen molar-refractivity contribution >= 4 is 23.2 Å². The number of aliphatic hydroxyl groups excluding tert-OH is 1. The molecule has 0 aromatic heterocycles. The molecule has 12 nitrogen and oxygen atoms in total. The van der Waals surface area contributed by atoms with E-state index in [0.29, 0.717) is 29.9 Å². The third kappa shape index (κ3) is 3.59. The molecule has 2 saturated heterocycles. The Balaban J connectivity index is 1.29.